The minimum absolute atomic E-state index is 0.0265. The van der Waals surface area contributed by atoms with Crippen molar-refractivity contribution in [1.29, 1.82) is 0 Å². The fraction of sp³-hybridized carbons (Fsp3) is 1.00. The monoisotopic (exact) mass is 176 g/mol. The van der Waals surface area contributed by atoms with Crippen molar-refractivity contribution in [3.05, 3.63) is 0 Å². The molecule has 72 valence electrons. The van der Waals surface area contributed by atoms with Crippen LogP contribution in [0.4, 0.5) is 0 Å². The Morgan fingerprint density at radius 1 is 1.58 bits per heavy atom. The van der Waals surface area contributed by atoms with Crippen LogP contribution in [0.5, 0.6) is 0 Å². The third-order valence-corrected chi connectivity index (χ3v) is 2.40. The smallest absolute Gasteiger partial charge is 0.160 e. The number of methoxy groups -OCH3 is 1. The third-order valence-electron chi connectivity index (χ3n) is 2.40. The normalized spacial score (nSPS) is 43.0. The minimum Gasteiger partial charge on any atom is -0.394 e. The average molecular weight is 176 g/mol. The fourth-order valence-corrected chi connectivity index (χ4v) is 1.40. The maximum atomic E-state index is 9.51. The summed E-state index contributed by atoms with van der Waals surface area (Å²) in [6.07, 6.45) is -0.651. The number of hydrogen-bond acceptors (Lipinski definition) is 4. The molecule has 1 saturated heterocycles. The lowest BCUT2D eigenvalue weighted by atomic mass is 9.93. The first-order valence-corrected chi connectivity index (χ1v) is 4.16. The lowest BCUT2D eigenvalue weighted by Crippen LogP contribution is -2.45. The molecule has 0 saturated carbocycles. The Labute approximate surface area is 72.1 Å². The second-order valence-corrected chi connectivity index (χ2v) is 3.18. The van der Waals surface area contributed by atoms with Crippen molar-refractivity contribution in [3.63, 3.8) is 0 Å². The number of aliphatic hydroxyl groups is 2. The van der Waals surface area contributed by atoms with Crippen LogP contribution in [0.25, 0.3) is 0 Å². The van der Waals surface area contributed by atoms with Gasteiger partial charge in [-0.1, -0.05) is 6.92 Å². The summed E-state index contributed by atoms with van der Waals surface area (Å²) < 4.78 is 10.3. The zero-order chi connectivity index (χ0) is 9.14. The van der Waals surface area contributed by atoms with Crippen LogP contribution in [0.15, 0.2) is 0 Å². The highest BCUT2D eigenvalue weighted by Gasteiger charge is 2.34. The second kappa shape index (κ2) is 4.18. The Morgan fingerprint density at radius 3 is 2.75 bits per heavy atom. The summed E-state index contributed by atoms with van der Waals surface area (Å²) in [6, 6.07) is 0. The van der Waals surface area contributed by atoms with Gasteiger partial charge in [-0.15, -0.1) is 0 Å². The van der Waals surface area contributed by atoms with E-state index in [4.69, 9.17) is 14.6 Å². The van der Waals surface area contributed by atoms with Gasteiger partial charge in [0.1, 0.15) is 0 Å². The van der Waals surface area contributed by atoms with Crippen LogP contribution in [-0.4, -0.2) is 42.4 Å². The molecule has 1 aliphatic rings. The van der Waals surface area contributed by atoms with Gasteiger partial charge in [0.15, 0.2) is 6.29 Å². The van der Waals surface area contributed by atoms with Crippen molar-refractivity contribution >= 4 is 0 Å². The van der Waals surface area contributed by atoms with E-state index in [1.807, 2.05) is 6.92 Å². The molecule has 0 aromatic heterocycles. The number of hydrogen-bond donors (Lipinski definition) is 2. The lowest BCUT2D eigenvalue weighted by molar-refractivity contribution is -0.230. The highest BCUT2D eigenvalue weighted by atomic mass is 16.7. The lowest BCUT2D eigenvalue weighted by Gasteiger charge is -2.36. The number of aliphatic hydroxyl groups excluding tert-OH is 2. The van der Waals surface area contributed by atoms with Gasteiger partial charge in [-0.05, 0) is 0 Å². The van der Waals surface area contributed by atoms with E-state index in [0.717, 1.165) is 0 Å². The van der Waals surface area contributed by atoms with Gasteiger partial charge in [-0.25, -0.2) is 0 Å². The quantitative estimate of drug-likeness (QED) is 0.608. The van der Waals surface area contributed by atoms with Crippen molar-refractivity contribution in [1.82, 2.24) is 0 Å². The maximum Gasteiger partial charge on any atom is 0.160 e. The van der Waals surface area contributed by atoms with Gasteiger partial charge >= 0.3 is 0 Å². The molecule has 12 heavy (non-hydrogen) atoms. The van der Waals surface area contributed by atoms with E-state index in [0.29, 0.717) is 6.42 Å². The van der Waals surface area contributed by atoms with Gasteiger partial charge < -0.3 is 19.7 Å². The molecule has 1 rings (SSSR count). The zero-order valence-electron chi connectivity index (χ0n) is 7.43. The summed E-state index contributed by atoms with van der Waals surface area (Å²) >= 11 is 0. The first-order valence-electron chi connectivity index (χ1n) is 4.16. The fourth-order valence-electron chi connectivity index (χ4n) is 1.40. The molecule has 1 heterocycles. The van der Waals surface area contributed by atoms with Crippen molar-refractivity contribution in [2.45, 2.75) is 31.8 Å². The largest absolute Gasteiger partial charge is 0.394 e. The van der Waals surface area contributed by atoms with E-state index in [9.17, 15) is 5.11 Å². The van der Waals surface area contributed by atoms with Gasteiger partial charge in [-0.2, -0.15) is 0 Å². The highest BCUT2D eigenvalue weighted by Crippen LogP contribution is 2.25. The molecular weight excluding hydrogens is 160 g/mol. The molecule has 1 fully saturated rings. The second-order valence-electron chi connectivity index (χ2n) is 3.18. The average Bonchev–Trinajstić information content (AvgIpc) is 2.09. The van der Waals surface area contributed by atoms with E-state index in [1.54, 1.807) is 0 Å². The van der Waals surface area contributed by atoms with E-state index in [2.05, 4.69) is 0 Å². The summed E-state index contributed by atoms with van der Waals surface area (Å²) in [6.45, 7) is 1.79. The van der Waals surface area contributed by atoms with E-state index in [1.165, 1.54) is 7.11 Å². The Hall–Kier alpha value is -0.160. The van der Waals surface area contributed by atoms with Crippen LogP contribution in [0, 0.1) is 5.92 Å². The van der Waals surface area contributed by atoms with Crippen molar-refractivity contribution in [3.8, 4) is 0 Å². The predicted octanol–water partition coefficient (Wildman–Crippen LogP) is -0.263. The van der Waals surface area contributed by atoms with Gasteiger partial charge in [0.2, 0.25) is 0 Å². The predicted molar refractivity (Wildman–Crippen MR) is 42.5 cm³/mol. The molecule has 4 atom stereocenters. The Balaban J connectivity index is 2.52. The Bertz CT molecular complexity index is 139. The maximum absolute atomic E-state index is 9.51. The third kappa shape index (κ3) is 1.95. The van der Waals surface area contributed by atoms with Gasteiger partial charge in [0.05, 0.1) is 18.8 Å². The van der Waals surface area contributed by atoms with Gasteiger partial charge in [0.25, 0.3) is 0 Å². The molecule has 4 nitrogen and oxygen atoms in total. The Kier molecular flexibility index (Phi) is 3.46. The van der Waals surface area contributed by atoms with Crippen molar-refractivity contribution in [2.75, 3.05) is 13.7 Å². The zero-order valence-corrected chi connectivity index (χ0v) is 7.43. The van der Waals surface area contributed by atoms with Crippen molar-refractivity contribution < 1.29 is 19.7 Å². The standard InChI is InChI=1S/C8H16O4/c1-5-6(10)3-8(11-2)12-7(5)4-9/h5-10H,3-4H2,1-2H3. The molecule has 1 aliphatic heterocycles. The van der Waals surface area contributed by atoms with Crippen LogP contribution in [0.1, 0.15) is 13.3 Å². The van der Waals surface area contributed by atoms with Crippen molar-refractivity contribution in [2.24, 2.45) is 5.92 Å². The highest BCUT2D eigenvalue weighted by molar-refractivity contribution is 4.79. The van der Waals surface area contributed by atoms with E-state index >= 15 is 0 Å². The summed E-state index contributed by atoms with van der Waals surface area (Å²) in [7, 11) is 1.53. The van der Waals surface area contributed by atoms with Gasteiger partial charge in [-0.3, -0.25) is 0 Å². The molecule has 4 unspecified atom stereocenters. The van der Waals surface area contributed by atoms with E-state index in [-0.39, 0.29) is 24.9 Å². The van der Waals surface area contributed by atoms with Crippen LogP contribution < -0.4 is 0 Å². The molecule has 4 heteroatoms. The molecule has 0 aliphatic carbocycles. The SMILES string of the molecule is COC1CC(O)C(C)C(CO)O1. The molecular formula is C8H16O4. The number of rotatable bonds is 2. The summed E-state index contributed by atoms with van der Waals surface area (Å²) in [5, 5.41) is 18.4. The molecule has 0 radical (unpaired) electrons. The summed E-state index contributed by atoms with van der Waals surface area (Å²) in [5.41, 5.74) is 0. The topological polar surface area (TPSA) is 58.9 Å². The number of ether oxygens (including phenoxy) is 2. The first-order chi connectivity index (χ1) is 5.69. The minimum atomic E-state index is -0.444. The summed E-state index contributed by atoms with van der Waals surface area (Å²) in [5.74, 6) is -0.0265. The molecule has 0 aromatic rings. The Morgan fingerprint density at radius 2 is 2.25 bits per heavy atom. The van der Waals surface area contributed by atoms with Crippen LogP contribution in [0.3, 0.4) is 0 Å². The van der Waals surface area contributed by atoms with Gasteiger partial charge in [0, 0.05) is 19.4 Å². The van der Waals surface area contributed by atoms with Crippen LogP contribution in [0.2, 0.25) is 0 Å². The first kappa shape index (κ1) is 9.92. The van der Waals surface area contributed by atoms with E-state index < -0.39 is 6.10 Å². The molecule has 0 spiro atoms. The molecule has 0 amide bonds. The van der Waals surface area contributed by atoms with Crippen LogP contribution in [-0.2, 0) is 9.47 Å². The molecule has 2 N–H and O–H groups in total. The summed E-state index contributed by atoms with van der Waals surface area (Å²) in [4.78, 5) is 0. The molecule has 0 bridgehead atoms. The molecule has 0 aromatic carbocycles. The van der Waals surface area contributed by atoms with Crippen LogP contribution >= 0.6 is 0 Å².